The number of halogens is 4. The minimum atomic E-state index is -4.70. The Labute approximate surface area is 147 Å². The van der Waals surface area contributed by atoms with E-state index in [1.807, 2.05) is 0 Å². The minimum Gasteiger partial charge on any atom is -0.316 e. The van der Waals surface area contributed by atoms with Gasteiger partial charge in [-0.25, -0.2) is 4.79 Å². The predicted molar refractivity (Wildman–Crippen MR) is 90.4 cm³/mol. The lowest BCUT2D eigenvalue weighted by Crippen LogP contribution is -2.61. The molecule has 0 spiro atoms. The molecular formula is C18H14ClF3N2O. The van der Waals surface area contributed by atoms with Gasteiger partial charge in [0.1, 0.15) is 0 Å². The van der Waals surface area contributed by atoms with Crippen LogP contribution in [0.15, 0.2) is 66.4 Å². The van der Waals surface area contributed by atoms with Crippen LogP contribution in [0.1, 0.15) is 12.5 Å². The van der Waals surface area contributed by atoms with Gasteiger partial charge >= 0.3 is 12.2 Å². The van der Waals surface area contributed by atoms with Gasteiger partial charge < -0.3 is 5.32 Å². The van der Waals surface area contributed by atoms with Crippen LogP contribution in [0.25, 0.3) is 0 Å². The first kappa shape index (κ1) is 17.4. The molecule has 2 aromatic carbocycles. The Morgan fingerprint density at radius 3 is 2.16 bits per heavy atom. The number of alkyl halides is 3. The molecule has 1 N–H and O–H groups in total. The Morgan fingerprint density at radius 2 is 1.64 bits per heavy atom. The molecule has 1 aliphatic heterocycles. The molecule has 25 heavy (non-hydrogen) atoms. The van der Waals surface area contributed by atoms with E-state index in [4.69, 9.17) is 11.6 Å². The fraction of sp³-hybridized carbons (Fsp3) is 0.167. The first-order valence-corrected chi connectivity index (χ1v) is 7.82. The van der Waals surface area contributed by atoms with Crippen LogP contribution >= 0.6 is 11.6 Å². The topological polar surface area (TPSA) is 32.3 Å². The lowest BCUT2D eigenvalue weighted by molar-refractivity contribution is -0.182. The molecule has 3 nitrogen and oxygen atoms in total. The van der Waals surface area contributed by atoms with Crippen molar-refractivity contribution in [2.75, 3.05) is 4.90 Å². The highest BCUT2D eigenvalue weighted by atomic mass is 35.5. The third-order valence-corrected chi connectivity index (χ3v) is 4.30. The van der Waals surface area contributed by atoms with Crippen LogP contribution in [0.3, 0.4) is 0 Å². The maximum absolute atomic E-state index is 13.9. The average molecular weight is 367 g/mol. The highest BCUT2D eigenvalue weighted by Crippen LogP contribution is 2.43. The lowest BCUT2D eigenvalue weighted by atomic mass is 9.86. The molecule has 2 aromatic rings. The molecule has 1 aliphatic rings. The van der Waals surface area contributed by atoms with Crippen molar-refractivity contribution in [3.8, 4) is 0 Å². The third kappa shape index (κ3) is 2.98. The summed E-state index contributed by atoms with van der Waals surface area (Å²) in [6, 6.07) is 12.7. The number of amides is 2. The van der Waals surface area contributed by atoms with Gasteiger partial charge in [-0.2, -0.15) is 13.2 Å². The molecule has 1 atom stereocenters. The largest absolute Gasteiger partial charge is 0.419 e. The van der Waals surface area contributed by atoms with Gasteiger partial charge in [0.25, 0.3) is 0 Å². The van der Waals surface area contributed by atoms with Crippen LogP contribution in [0.4, 0.5) is 23.7 Å². The number of hydrogen-bond donors (Lipinski definition) is 1. The van der Waals surface area contributed by atoms with Crippen LogP contribution in [-0.4, -0.2) is 12.2 Å². The molecule has 0 aromatic heterocycles. The second kappa shape index (κ2) is 6.11. The zero-order chi connectivity index (χ0) is 18.2. The number of nitrogens with one attached hydrogen (secondary N) is 1. The molecule has 0 fully saturated rings. The molecular weight excluding hydrogens is 353 g/mol. The molecule has 1 heterocycles. The molecule has 7 heteroatoms. The van der Waals surface area contributed by atoms with E-state index in [1.165, 1.54) is 36.1 Å². The Bertz CT molecular complexity index is 818. The van der Waals surface area contributed by atoms with E-state index in [-0.39, 0.29) is 11.3 Å². The summed E-state index contributed by atoms with van der Waals surface area (Å²) in [5.74, 6) is 0. The van der Waals surface area contributed by atoms with Crippen molar-refractivity contribution >= 4 is 23.3 Å². The maximum Gasteiger partial charge on any atom is 0.419 e. The van der Waals surface area contributed by atoms with Gasteiger partial charge in [-0.1, -0.05) is 41.9 Å². The highest BCUT2D eigenvalue weighted by Gasteiger charge is 2.58. The number of nitrogens with zero attached hydrogens (tertiary/aromatic N) is 1. The van der Waals surface area contributed by atoms with Crippen molar-refractivity contribution in [2.24, 2.45) is 0 Å². The number of anilines is 1. The molecule has 2 amide bonds. The van der Waals surface area contributed by atoms with E-state index in [9.17, 15) is 18.0 Å². The van der Waals surface area contributed by atoms with Crippen LogP contribution in [0.2, 0.25) is 5.02 Å². The quantitative estimate of drug-likeness (QED) is 0.775. The summed E-state index contributed by atoms with van der Waals surface area (Å²) in [6.45, 7) is 1.47. The standard InChI is InChI=1S/C18H14ClF3N2O/c1-12-11-17(18(20,21)22,13-5-3-2-4-6-13)23-16(25)24(12)15-9-7-14(19)8-10-15/h2-11H,1H3,(H,23,25). The smallest absolute Gasteiger partial charge is 0.316 e. The Hall–Kier alpha value is -2.47. The number of benzene rings is 2. The van der Waals surface area contributed by atoms with Gasteiger partial charge in [0, 0.05) is 10.7 Å². The Morgan fingerprint density at radius 1 is 1.04 bits per heavy atom. The van der Waals surface area contributed by atoms with Crippen LogP contribution in [-0.2, 0) is 5.54 Å². The average Bonchev–Trinajstić information content (AvgIpc) is 2.55. The van der Waals surface area contributed by atoms with E-state index in [0.717, 1.165) is 6.08 Å². The van der Waals surface area contributed by atoms with Crippen molar-refractivity contribution in [1.29, 1.82) is 0 Å². The molecule has 3 rings (SSSR count). The van der Waals surface area contributed by atoms with Crippen molar-refractivity contribution < 1.29 is 18.0 Å². The van der Waals surface area contributed by atoms with Crippen LogP contribution in [0.5, 0.6) is 0 Å². The number of urea groups is 1. The number of carbonyl (C=O) groups is 1. The van der Waals surface area contributed by atoms with Crippen LogP contribution in [0, 0.1) is 0 Å². The van der Waals surface area contributed by atoms with Gasteiger partial charge in [-0.15, -0.1) is 0 Å². The summed E-state index contributed by atoms with van der Waals surface area (Å²) in [5.41, 5.74) is -2.02. The van der Waals surface area contributed by atoms with Gasteiger partial charge in [0.05, 0.1) is 5.69 Å². The fourth-order valence-corrected chi connectivity index (χ4v) is 3.01. The van der Waals surface area contributed by atoms with Crippen molar-refractivity contribution in [2.45, 2.75) is 18.6 Å². The number of hydrogen-bond acceptors (Lipinski definition) is 1. The van der Waals surface area contributed by atoms with Crippen molar-refractivity contribution in [3.63, 3.8) is 0 Å². The molecule has 130 valence electrons. The Kier molecular flexibility index (Phi) is 4.24. The summed E-state index contributed by atoms with van der Waals surface area (Å²) in [6.07, 6.45) is -3.67. The van der Waals surface area contributed by atoms with Crippen molar-refractivity contribution in [1.82, 2.24) is 5.32 Å². The molecule has 1 unspecified atom stereocenters. The number of carbonyl (C=O) groups excluding carboxylic acids is 1. The molecule has 0 bridgehead atoms. The third-order valence-electron chi connectivity index (χ3n) is 4.05. The number of rotatable bonds is 2. The summed E-state index contributed by atoms with van der Waals surface area (Å²) < 4.78 is 41.7. The van der Waals surface area contributed by atoms with Crippen LogP contribution < -0.4 is 10.2 Å². The first-order valence-electron chi connectivity index (χ1n) is 7.44. The van der Waals surface area contributed by atoms with Crippen molar-refractivity contribution in [3.05, 3.63) is 77.0 Å². The normalized spacial score (nSPS) is 20.9. The summed E-state index contributed by atoms with van der Waals surface area (Å²) in [5, 5.41) is 2.60. The molecule has 0 aliphatic carbocycles. The monoisotopic (exact) mass is 366 g/mol. The second-order valence-corrected chi connectivity index (χ2v) is 6.14. The number of allylic oxidation sites excluding steroid dienone is 1. The van der Waals surface area contributed by atoms with Gasteiger partial charge in [0.2, 0.25) is 0 Å². The minimum absolute atomic E-state index is 0.0500. The Balaban J connectivity index is 2.13. The van der Waals surface area contributed by atoms with E-state index in [1.54, 1.807) is 30.3 Å². The predicted octanol–water partition coefficient (Wildman–Crippen LogP) is 5.23. The van der Waals surface area contributed by atoms with E-state index in [2.05, 4.69) is 5.32 Å². The van der Waals surface area contributed by atoms with Gasteiger partial charge in [-0.05, 0) is 42.8 Å². The van der Waals surface area contributed by atoms with Gasteiger partial charge in [-0.3, -0.25) is 4.90 Å². The van der Waals surface area contributed by atoms with Gasteiger partial charge in [0.15, 0.2) is 5.54 Å². The highest BCUT2D eigenvalue weighted by molar-refractivity contribution is 6.30. The molecule has 0 radical (unpaired) electrons. The zero-order valence-corrected chi connectivity index (χ0v) is 13.9. The lowest BCUT2D eigenvalue weighted by Gasteiger charge is -2.41. The fourth-order valence-electron chi connectivity index (χ4n) is 2.88. The molecule has 0 saturated heterocycles. The maximum atomic E-state index is 13.9. The summed E-state index contributed by atoms with van der Waals surface area (Å²) in [4.78, 5) is 13.8. The van der Waals surface area contributed by atoms with E-state index in [0.29, 0.717) is 10.7 Å². The van der Waals surface area contributed by atoms with E-state index >= 15 is 0 Å². The summed E-state index contributed by atoms with van der Waals surface area (Å²) >= 11 is 5.83. The molecule has 0 saturated carbocycles. The zero-order valence-electron chi connectivity index (χ0n) is 13.1. The first-order chi connectivity index (χ1) is 11.7. The van der Waals surface area contributed by atoms with E-state index < -0.39 is 17.7 Å². The summed E-state index contributed by atoms with van der Waals surface area (Å²) in [7, 11) is 0. The second-order valence-electron chi connectivity index (χ2n) is 5.70. The SMILES string of the molecule is CC1=CC(c2ccccc2)(C(F)(F)F)NC(=O)N1c1ccc(Cl)cc1.